The summed E-state index contributed by atoms with van der Waals surface area (Å²) in [6.07, 6.45) is -0.451. The maximum atomic E-state index is 9.94. The van der Waals surface area contributed by atoms with Gasteiger partial charge in [0.15, 0.2) is 11.5 Å². The number of aromatic nitrogens is 1. The Morgan fingerprint density at radius 3 is 2.48 bits per heavy atom. The lowest BCUT2D eigenvalue weighted by Gasteiger charge is -2.24. The highest BCUT2D eigenvalue weighted by molar-refractivity contribution is 6.36. The lowest BCUT2D eigenvalue weighted by atomic mass is 10.1. The van der Waals surface area contributed by atoms with Crippen molar-refractivity contribution < 1.29 is 14.6 Å². The van der Waals surface area contributed by atoms with E-state index in [1.165, 1.54) is 0 Å². The summed E-state index contributed by atoms with van der Waals surface area (Å²) in [4.78, 5) is 5.55. The number of para-hydroxylation sites is 1. The van der Waals surface area contributed by atoms with Crippen LogP contribution in [-0.2, 0) is 13.1 Å². The number of rotatable bonds is 8. The standard InChI is InChI=1S/C21H25ClN2O3/c1-14(25)11-24(12-15-8-9-19(26-2)20(10-15)27-3)13-18-21(22)16-6-4-5-7-17(16)23-18/h4-10,14,23,25H,11-13H2,1-3H3. The SMILES string of the molecule is COc1ccc(CN(Cc2[nH]c3ccccc3c2Cl)CC(C)O)cc1OC. The van der Waals surface area contributed by atoms with Gasteiger partial charge in [0, 0.05) is 36.2 Å². The average molecular weight is 389 g/mol. The highest BCUT2D eigenvalue weighted by Gasteiger charge is 2.16. The quantitative estimate of drug-likeness (QED) is 0.606. The summed E-state index contributed by atoms with van der Waals surface area (Å²) in [5.74, 6) is 1.39. The van der Waals surface area contributed by atoms with Gasteiger partial charge in [-0.25, -0.2) is 0 Å². The third-order valence-corrected chi connectivity index (χ3v) is 4.90. The van der Waals surface area contributed by atoms with Crippen LogP contribution < -0.4 is 9.47 Å². The van der Waals surface area contributed by atoms with Crippen LogP contribution in [0.1, 0.15) is 18.2 Å². The molecule has 1 atom stereocenters. The number of nitrogens with zero attached hydrogens (tertiary/aromatic N) is 1. The van der Waals surface area contributed by atoms with Gasteiger partial charge in [-0.2, -0.15) is 0 Å². The first kappa shape index (κ1) is 19.5. The molecule has 0 fully saturated rings. The summed E-state index contributed by atoms with van der Waals surface area (Å²) >= 11 is 6.57. The van der Waals surface area contributed by atoms with Gasteiger partial charge in [0.1, 0.15) is 0 Å². The summed E-state index contributed by atoms with van der Waals surface area (Å²) in [5.41, 5.74) is 3.03. The Morgan fingerprint density at radius 1 is 1.07 bits per heavy atom. The van der Waals surface area contributed by atoms with E-state index in [0.717, 1.165) is 27.2 Å². The first-order chi connectivity index (χ1) is 13.0. The van der Waals surface area contributed by atoms with Crippen LogP contribution in [0.25, 0.3) is 10.9 Å². The zero-order valence-corrected chi connectivity index (χ0v) is 16.6. The summed E-state index contributed by atoms with van der Waals surface area (Å²) in [7, 11) is 3.24. The molecule has 3 aromatic rings. The second kappa shape index (κ2) is 8.65. The number of aliphatic hydroxyl groups is 1. The molecule has 6 heteroatoms. The number of benzene rings is 2. The number of aromatic amines is 1. The van der Waals surface area contributed by atoms with E-state index in [0.29, 0.717) is 31.1 Å². The Labute approximate surface area is 164 Å². The number of fused-ring (bicyclic) bond motifs is 1. The van der Waals surface area contributed by atoms with Crippen molar-refractivity contribution in [3.05, 3.63) is 58.7 Å². The van der Waals surface area contributed by atoms with E-state index < -0.39 is 6.10 Å². The van der Waals surface area contributed by atoms with Crippen LogP contribution in [0.2, 0.25) is 5.02 Å². The van der Waals surface area contributed by atoms with Crippen LogP contribution in [-0.4, -0.2) is 41.9 Å². The van der Waals surface area contributed by atoms with Crippen LogP contribution in [0, 0.1) is 0 Å². The molecule has 3 rings (SSSR count). The Bertz CT molecular complexity index is 908. The molecule has 0 aliphatic heterocycles. The molecular weight excluding hydrogens is 364 g/mol. The van der Waals surface area contributed by atoms with E-state index in [2.05, 4.69) is 9.88 Å². The number of aliphatic hydroxyl groups excluding tert-OH is 1. The fraction of sp³-hybridized carbons (Fsp3) is 0.333. The second-order valence-electron chi connectivity index (χ2n) is 6.67. The van der Waals surface area contributed by atoms with Gasteiger partial charge in [-0.1, -0.05) is 35.9 Å². The van der Waals surface area contributed by atoms with Crippen LogP contribution in [0.5, 0.6) is 11.5 Å². The van der Waals surface area contributed by atoms with Crippen molar-refractivity contribution >= 4 is 22.5 Å². The van der Waals surface area contributed by atoms with E-state index in [-0.39, 0.29) is 0 Å². The molecule has 0 aliphatic carbocycles. The predicted molar refractivity (Wildman–Crippen MR) is 109 cm³/mol. The Hall–Kier alpha value is -2.21. The minimum absolute atomic E-state index is 0.451. The molecule has 0 radical (unpaired) electrons. The minimum Gasteiger partial charge on any atom is -0.493 e. The van der Waals surface area contributed by atoms with Gasteiger partial charge in [-0.05, 0) is 30.7 Å². The van der Waals surface area contributed by atoms with Gasteiger partial charge in [0.05, 0.1) is 25.3 Å². The summed E-state index contributed by atoms with van der Waals surface area (Å²) in [6.45, 7) is 3.57. The lowest BCUT2D eigenvalue weighted by molar-refractivity contribution is 0.117. The highest BCUT2D eigenvalue weighted by atomic mass is 35.5. The molecule has 2 aromatic carbocycles. The normalized spacial score (nSPS) is 12.5. The molecule has 144 valence electrons. The van der Waals surface area contributed by atoms with Crippen LogP contribution in [0.4, 0.5) is 0 Å². The Morgan fingerprint density at radius 2 is 1.81 bits per heavy atom. The van der Waals surface area contributed by atoms with Gasteiger partial charge in [0.25, 0.3) is 0 Å². The van der Waals surface area contributed by atoms with Gasteiger partial charge in [-0.3, -0.25) is 4.90 Å². The maximum absolute atomic E-state index is 9.94. The summed E-state index contributed by atoms with van der Waals surface area (Å²) < 4.78 is 10.7. The molecule has 0 bridgehead atoms. The number of H-pyrrole nitrogens is 1. The Kier molecular flexibility index (Phi) is 6.26. The van der Waals surface area contributed by atoms with Gasteiger partial charge in [-0.15, -0.1) is 0 Å². The molecule has 0 aliphatic rings. The molecule has 1 heterocycles. The van der Waals surface area contributed by atoms with Crippen molar-refractivity contribution in [3.8, 4) is 11.5 Å². The predicted octanol–water partition coefficient (Wildman–Crippen LogP) is 4.22. The molecule has 1 unspecified atom stereocenters. The molecule has 2 N–H and O–H groups in total. The Balaban J connectivity index is 1.84. The third kappa shape index (κ3) is 4.56. The van der Waals surface area contributed by atoms with E-state index in [1.54, 1.807) is 21.1 Å². The van der Waals surface area contributed by atoms with Crippen molar-refractivity contribution in [2.75, 3.05) is 20.8 Å². The molecular formula is C21H25ClN2O3. The monoisotopic (exact) mass is 388 g/mol. The molecule has 0 spiro atoms. The highest BCUT2D eigenvalue weighted by Crippen LogP contribution is 2.30. The van der Waals surface area contributed by atoms with Crippen LogP contribution in [0.3, 0.4) is 0 Å². The first-order valence-corrected chi connectivity index (χ1v) is 9.26. The van der Waals surface area contributed by atoms with E-state index in [1.807, 2.05) is 42.5 Å². The molecule has 5 nitrogen and oxygen atoms in total. The first-order valence-electron chi connectivity index (χ1n) is 8.88. The van der Waals surface area contributed by atoms with Crippen LogP contribution >= 0.6 is 11.6 Å². The van der Waals surface area contributed by atoms with Gasteiger partial charge >= 0.3 is 0 Å². The van der Waals surface area contributed by atoms with Gasteiger partial charge in [0.2, 0.25) is 0 Å². The summed E-state index contributed by atoms with van der Waals surface area (Å²) in [5, 5.41) is 11.7. The zero-order chi connectivity index (χ0) is 19.4. The molecule has 27 heavy (non-hydrogen) atoms. The van der Waals surface area contributed by atoms with Crippen molar-refractivity contribution in [2.45, 2.75) is 26.1 Å². The maximum Gasteiger partial charge on any atom is 0.161 e. The number of halogens is 1. The van der Waals surface area contributed by atoms with Gasteiger partial charge < -0.3 is 19.6 Å². The van der Waals surface area contributed by atoms with Crippen molar-refractivity contribution in [2.24, 2.45) is 0 Å². The smallest absolute Gasteiger partial charge is 0.161 e. The number of methoxy groups -OCH3 is 2. The van der Waals surface area contributed by atoms with E-state index >= 15 is 0 Å². The lowest BCUT2D eigenvalue weighted by Crippen LogP contribution is -2.30. The van der Waals surface area contributed by atoms with Crippen molar-refractivity contribution in [3.63, 3.8) is 0 Å². The average Bonchev–Trinajstić information content (AvgIpc) is 2.97. The molecule has 0 saturated carbocycles. The number of ether oxygens (including phenoxy) is 2. The zero-order valence-electron chi connectivity index (χ0n) is 15.8. The topological polar surface area (TPSA) is 57.7 Å². The van der Waals surface area contributed by atoms with Crippen molar-refractivity contribution in [1.29, 1.82) is 0 Å². The van der Waals surface area contributed by atoms with E-state index in [9.17, 15) is 5.11 Å². The van der Waals surface area contributed by atoms with E-state index in [4.69, 9.17) is 21.1 Å². The van der Waals surface area contributed by atoms with Crippen molar-refractivity contribution in [1.82, 2.24) is 9.88 Å². The molecule has 1 aromatic heterocycles. The number of hydrogen-bond acceptors (Lipinski definition) is 4. The number of hydrogen-bond donors (Lipinski definition) is 2. The molecule has 0 saturated heterocycles. The summed E-state index contributed by atoms with van der Waals surface area (Å²) in [6, 6.07) is 13.8. The fourth-order valence-electron chi connectivity index (χ4n) is 3.29. The minimum atomic E-state index is -0.451. The fourth-order valence-corrected chi connectivity index (χ4v) is 3.56. The second-order valence-corrected chi connectivity index (χ2v) is 7.05. The van der Waals surface area contributed by atoms with Crippen LogP contribution in [0.15, 0.2) is 42.5 Å². The molecule has 0 amide bonds. The largest absolute Gasteiger partial charge is 0.493 e. The third-order valence-electron chi connectivity index (χ3n) is 4.47. The number of nitrogens with one attached hydrogen (secondary N) is 1.